The van der Waals surface area contributed by atoms with Gasteiger partial charge in [-0.15, -0.1) is 21.9 Å². The summed E-state index contributed by atoms with van der Waals surface area (Å²) in [4.78, 5) is 28.7. The van der Waals surface area contributed by atoms with E-state index < -0.39 is 5.09 Å². The van der Waals surface area contributed by atoms with Crippen molar-refractivity contribution < 1.29 is 14.7 Å². The quantitative estimate of drug-likeness (QED) is 0.600. The molecule has 0 radical (unpaired) electrons. The van der Waals surface area contributed by atoms with E-state index in [0.29, 0.717) is 11.4 Å². The molecular weight excluding hydrogens is 244 g/mol. The number of carbonyl (C=O) groups is 1. The summed E-state index contributed by atoms with van der Waals surface area (Å²) in [5, 5.41) is 9.14. The predicted octanol–water partition coefficient (Wildman–Crippen LogP) is 1.40. The van der Waals surface area contributed by atoms with Gasteiger partial charge in [-0.1, -0.05) is 12.1 Å². The second-order valence-electron chi connectivity index (χ2n) is 3.40. The minimum Gasteiger partial charge on any atom is -0.327 e. The van der Waals surface area contributed by atoms with Crippen LogP contribution in [0, 0.1) is 10.1 Å². The zero-order chi connectivity index (χ0) is 12.3. The molecule has 2 rings (SSSR count). The zero-order valence-electron chi connectivity index (χ0n) is 8.87. The maximum atomic E-state index is 12.0. The number of amides is 1. The minimum absolute atomic E-state index is 0.0958. The molecule has 17 heavy (non-hydrogen) atoms. The van der Waals surface area contributed by atoms with Crippen molar-refractivity contribution in [3.05, 3.63) is 39.9 Å². The summed E-state index contributed by atoms with van der Waals surface area (Å²) in [5.74, 6) is 0.392. The van der Waals surface area contributed by atoms with Crippen LogP contribution in [0.25, 0.3) is 0 Å². The standard InChI is InChI=1S/C10H10N2O4S/c13-10-8-3-1-2-4-9(8)17-7-11(10)5-6-16-12(14)15/h1-4H,5-7H2. The van der Waals surface area contributed by atoms with Gasteiger partial charge >= 0.3 is 0 Å². The van der Waals surface area contributed by atoms with Crippen LogP contribution >= 0.6 is 11.8 Å². The van der Waals surface area contributed by atoms with Gasteiger partial charge in [0, 0.05) is 11.4 Å². The fraction of sp³-hybridized carbons (Fsp3) is 0.300. The van der Waals surface area contributed by atoms with Gasteiger partial charge < -0.3 is 9.74 Å². The number of nitrogens with zero attached hydrogens (tertiary/aromatic N) is 2. The molecule has 0 bridgehead atoms. The van der Waals surface area contributed by atoms with E-state index in [2.05, 4.69) is 4.84 Å². The van der Waals surface area contributed by atoms with Crippen molar-refractivity contribution in [2.45, 2.75) is 4.90 Å². The summed E-state index contributed by atoms with van der Waals surface area (Å²) in [6.07, 6.45) is 0. The van der Waals surface area contributed by atoms with Crippen molar-refractivity contribution in [1.29, 1.82) is 0 Å². The molecule has 1 aliphatic rings. The molecule has 7 heteroatoms. The van der Waals surface area contributed by atoms with Gasteiger partial charge in [-0.05, 0) is 12.1 Å². The van der Waals surface area contributed by atoms with Gasteiger partial charge in [0.05, 0.1) is 11.4 Å². The molecule has 1 aromatic rings. The van der Waals surface area contributed by atoms with Crippen molar-refractivity contribution in [2.24, 2.45) is 0 Å². The first kappa shape index (κ1) is 11.7. The highest BCUT2D eigenvalue weighted by Crippen LogP contribution is 2.29. The lowest BCUT2D eigenvalue weighted by atomic mass is 10.2. The van der Waals surface area contributed by atoms with E-state index in [1.54, 1.807) is 12.1 Å². The third-order valence-corrected chi connectivity index (χ3v) is 3.45. The summed E-state index contributed by atoms with van der Waals surface area (Å²) >= 11 is 1.54. The second-order valence-corrected chi connectivity index (χ2v) is 4.38. The van der Waals surface area contributed by atoms with Crippen LogP contribution in [0.4, 0.5) is 0 Å². The van der Waals surface area contributed by atoms with Crippen molar-refractivity contribution in [2.75, 3.05) is 19.0 Å². The fourth-order valence-corrected chi connectivity index (χ4v) is 2.56. The van der Waals surface area contributed by atoms with Crippen LogP contribution < -0.4 is 0 Å². The Labute approximate surface area is 102 Å². The first-order chi connectivity index (χ1) is 8.18. The van der Waals surface area contributed by atoms with Crippen molar-refractivity contribution in [3.8, 4) is 0 Å². The van der Waals surface area contributed by atoms with Gasteiger partial charge in [-0.25, -0.2) is 0 Å². The van der Waals surface area contributed by atoms with Crippen LogP contribution in [0.3, 0.4) is 0 Å². The largest absolute Gasteiger partial charge is 0.327 e. The minimum atomic E-state index is -0.852. The first-order valence-electron chi connectivity index (χ1n) is 4.97. The maximum Gasteiger partial charge on any atom is 0.294 e. The number of hydrogen-bond acceptors (Lipinski definition) is 5. The molecule has 0 aromatic heterocycles. The average molecular weight is 254 g/mol. The number of carbonyl (C=O) groups excluding carboxylic acids is 1. The number of fused-ring (bicyclic) bond motifs is 1. The summed E-state index contributed by atoms with van der Waals surface area (Å²) < 4.78 is 0. The molecule has 1 aliphatic heterocycles. The topological polar surface area (TPSA) is 72.7 Å². The van der Waals surface area contributed by atoms with Gasteiger partial charge in [-0.2, -0.15) is 0 Å². The normalized spacial score (nSPS) is 14.4. The van der Waals surface area contributed by atoms with Crippen LogP contribution in [0.2, 0.25) is 0 Å². The molecule has 0 unspecified atom stereocenters. The summed E-state index contributed by atoms with van der Waals surface area (Å²) in [6.45, 7) is 0.128. The Bertz CT molecular complexity index is 452. The molecule has 0 aliphatic carbocycles. The van der Waals surface area contributed by atoms with E-state index in [1.807, 2.05) is 12.1 Å². The van der Waals surface area contributed by atoms with Crippen molar-refractivity contribution in [3.63, 3.8) is 0 Å². The SMILES string of the molecule is O=C1c2ccccc2SCN1CCO[N+](=O)[O-]. The smallest absolute Gasteiger partial charge is 0.294 e. The third kappa shape index (κ3) is 2.68. The molecule has 0 saturated heterocycles. The Morgan fingerprint density at radius 3 is 3.00 bits per heavy atom. The molecule has 0 atom stereocenters. The molecule has 0 fully saturated rings. The number of hydrogen-bond donors (Lipinski definition) is 0. The van der Waals surface area contributed by atoms with Crippen LogP contribution in [0.1, 0.15) is 10.4 Å². The van der Waals surface area contributed by atoms with Gasteiger partial charge in [-0.3, -0.25) is 4.79 Å². The van der Waals surface area contributed by atoms with E-state index in [4.69, 9.17) is 0 Å². The Morgan fingerprint density at radius 1 is 1.47 bits per heavy atom. The van der Waals surface area contributed by atoms with E-state index in [0.717, 1.165) is 4.90 Å². The van der Waals surface area contributed by atoms with Crippen molar-refractivity contribution in [1.82, 2.24) is 4.90 Å². The Hall–Kier alpha value is -1.76. The average Bonchev–Trinajstić information content (AvgIpc) is 2.32. The van der Waals surface area contributed by atoms with Crippen molar-refractivity contribution >= 4 is 17.7 Å². The van der Waals surface area contributed by atoms with Crippen LogP contribution in [-0.2, 0) is 4.84 Å². The zero-order valence-corrected chi connectivity index (χ0v) is 9.68. The van der Waals surface area contributed by atoms with E-state index >= 15 is 0 Å². The number of thioether (sulfide) groups is 1. The maximum absolute atomic E-state index is 12.0. The molecule has 1 aromatic carbocycles. The Balaban J connectivity index is 2.00. The highest BCUT2D eigenvalue weighted by molar-refractivity contribution is 7.99. The molecule has 90 valence electrons. The van der Waals surface area contributed by atoms with Crippen LogP contribution in [0.15, 0.2) is 29.2 Å². The number of benzene rings is 1. The summed E-state index contributed by atoms with van der Waals surface area (Å²) in [5.41, 5.74) is 0.643. The lowest BCUT2D eigenvalue weighted by Gasteiger charge is -2.27. The van der Waals surface area contributed by atoms with E-state index in [-0.39, 0.29) is 19.1 Å². The van der Waals surface area contributed by atoms with Crippen LogP contribution in [-0.4, -0.2) is 34.9 Å². The lowest BCUT2D eigenvalue weighted by Crippen LogP contribution is -2.36. The monoisotopic (exact) mass is 254 g/mol. The van der Waals surface area contributed by atoms with E-state index in [1.165, 1.54) is 16.7 Å². The fourth-order valence-electron chi connectivity index (χ4n) is 1.54. The van der Waals surface area contributed by atoms with Gasteiger partial charge in [0.2, 0.25) is 0 Å². The molecule has 0 N–H and O–H groups in total. The lowest BCUT2D eigenvalue weighted by molar-refractivity contribution is -0.757. The van der Waals surface area contributed by atoms with E-state index in [9.17, 15) is 14.9 Å². The number of rotatable bonds is 4. The Kier molecular flexibility index (Phi) is 3.48. The highest BCUT2D eigenvalue weighted by Gasteiger charge is 2.24. The molecule has 6 nitrogen and oxygen atoms in total. The summed E-state index contributed by atoms with van der Waals surface area (Å²) in [6, 6.07) is 7.33. The molecule has 0 saturated carbocycles. The molecule has 0 spiro atoms. The Morgan fingerprint density at radius 2 is 2.24 bits per heavy atom. The van der Waals surface area contributed by atoms with Gasteiger partial charge in [0.1, 0.15) is 6.61 Å². The van der Waals surface area contributed by atoms with Gasteiger partial charge in [0.15, 0.2) is 0 Å². The molecular formula is C10H10N2O4S. The summed E-state index contributed by atoms with van der Waals surface area (Å²) in [7, 11) is 0. The second kappa shape index (κ2) is 5.05. The highest BCUT2D eigenvalue weighted by atomic mass is 32.2. The third-order valence-electron chi connectivity index (χ3n) is 2.34. The van der Waals surface area contributed by atoms with Crippen LogP contribution in [0.5, 0.6) is 0 Å². The molecule has 1 amide bonds. The molecule has 1 heterocycles. The predicted molar refractivity (Wildman–Crippen MR) is 61.1 cm³/mol. The van der Waals surface area contributed by atoms with Gasteiger partial charge in [0.25, 0.3) is 11.0 Å². The first-order valence-corrected chi connectivity index (χ1v) is 5.95.